The monoisotopic (exact) mass is 222 g/mol. The molecule has 6 heteroatoms. The van der Waals surface area contributed by atoms with E-state index in [1.807, 2.05) is 0 Å². The third kappa shape index (κ3) is 2.16. The summed E-state index contributed by atoms with van der Waals surface area (Å²) < 4.78 is 18.7. The maximum absolute atomic E-state index is 13.5. The molecular weight excluding hydrogens is 211 g/mol. The highest BCUT2D eigenvalue weighted by Crippen LogP contribution is 2.12. The van der Waals surface area contributed by atoms with Crippen LogP contribution >= 0.6 is 0 Å². The van der Waals surface area contributed by atoms with Crippen molar-refractivity contribution >= 4 is 5.82 Å². The first-order valence-corrected chi connectivity index (χ1v) is 4.79. The van der Waals surface area contributed by atoms with Crippen LogP contribution in [-0.4, -0.2) is 15.0 Å². The van der Waals surface area contributed by atoms with Crippen molar-refractivity contribution < 1.29 is 8.81 Å². The molecule has 5 nitrogen and oxygen atoms in total. The van der Waals surface area contributed by atoms with Gasteiger partial charge in [-0.25, -0.2) is 19.3 Å². The van der Waals surface area contributed by atoms with Gasteiger partial charge in [0, 0.05) is 0 Å². The minimum absolute atomic E-state index is 0.156. The Morgan fingerprint density at radius 3 is 2.81 bits per heavy atom. The van der Waals surface area contributed by atoms with Crippen molar-refractivity contribution in [1.82, 2.24) is 15.0 Å². The number of anilines is 1. The van der Waals surface area contributed by atoms with Crippen LogP contribution < -0.4 is 5.32 Å². The van der Waals surface area contributed by atoms with E-state index in [0.29, 0.717) is 18.1 Å². The van der Waals surface area contributed by atoms with E-state index in [4.69, 9.17) is 4.42 Å². The maximum Gasteiger partial charge on any atom is 0.213 e. The van der Waals surface area contributed by atoms with Crippen LogP contribution in [0, 0.1) is 19.7 Å². The van der Waals surface area contributed by atoms with Gasteiger partial charge in [0.2, 0.25) is 5.89 Å². The third-order valence-electron chi connectivity index (χ3n) is 2.04. The Morgan fingerprint density at radius 2 is 2.12 bits per heavy atom. The number of hydrogen-bond donors (Lipinski definition) is 1. The van der Waals surface area contributed by atoms with Crippen LogP contribution in [0.3, 0.4) is 0 Å². The number of aromatic nitrogens is 3. The van der Waals surface area contributed by atoms with Gasteiger partial charge in [0.25, 0.3) is 0 Å². The number of nitrogens with zero attached hydrogens (tertiary/aromatic N) is 3. The van der Waals surface area contributed by atoms with Crippen LogP contribution in [0.4, 0.5) is 10.2 Å². The summed E-state index contributed by atoms with van der Waals surface area (Å²) in [5.74, 6) is 0.915. The third-order valence-corrected chi connectivity index (χ3v) is 2.04. The summed E-state index contributed by atoms with van der Waals surface area (Å²) >= 11 is 0. The van der Waals surface area contributed by atoms with Crippen LogP contribution in [0.15, 0.2) is 16.9 Å². The van der Waals surface area contributed by atoms with Gasteiger partial charge in [-0.2, -0.15) is 0 Å². The number of aryl methyl sites for hydroxylation is 2. The van der Waals surface area contributed by atoms with E-state index in [0.717, 1.165) is 5.76 Å². The van der Waals surface area contributed by atoms with Crippen molar-refractivity contribution in [1.29, 1.82) is 0 Å². The Morgan fingerprint density at radius 1 is 1.31 bits per heavy atom. The Hall–Kier alpha value is -1.98. The van der Waals surface area contributed by atoms with Gasteiger partial charge in [-0.1, -0.05) is 0 Å². The van der Waals surface area contributed by atoms with Gasteiger partial charge in [0.15, 0.2) is 11.6 Å². The lowest BCUT2D eigenvalue weighted by Crippen LogP contribution is -2.05. The van der Waals surface area contributed by atoms with Gasteiger partial charge in [-0.05, 0) is 13.8 Å². The highest BCUT2D eigenvalue weighted by molar-refractivity contribution is 5.36. The molecule has 0 radical (unpaired) electrons. The molecule has 2 heterocycles. The number of oxazole rings is 1. The van der Waals surface area contributed by atoms with E-state index in [1.54, 1.807) is 20.0 Å². The van der Waals surface area contributed by atoms with Gasteiger partial charge >= 0.3 is 0 Å². The fraction of sp³-hybridized carbons (Fsp3) is 0.300. The van der Waals surface area contributed by atoms with Crippen molar-refractivity contribution in [2.75, 3.05) is 5.32 Å². The van der Waals surface area contributed by atoms with Crippen molar-refractivity contribution in [3.63, 3.8) is 0 Å². The molecule has 0 fully saturated rings. The van der Waals surface area contributed by atoms with Crippen molar-refractivity contribution in [3.05, 3.63) is 35.7 Å². The lowest BCUT2D eigenvalue weighted by Gasteiger charge is -2.04. The molecule has 2 aromatic rings. The second-order valence-electron chi connectivity index (χ2n) is 3.34. The second-order valence-corrected chi connectivity index (χ2v) is 3.34. The predicted molar refractivity (Wildman–Crippen MR) is 55.3 cm³/mol. The summed E-state index contributed by atoms with van der Waals surface area (Å²) in [6.07, 6.45) is 2.92. The zero-order chi connectivity index (χ0) is 11.5. The fourth-order valence-corrected chi connectivity index (χ4v) is 1.22. The van der Waals surface area contributed by atoms with Gasteiger partial charge < -0.3 is 9.73 Å². The number of rotatable bonds is 3. The van der Waals surface area contributed by atoms with Crippen LogP contribution in [0.25, 0.3) is 0 Å². The minimum atomic E-state index is -0.453. The summed E-state index contributed by atoms with van der Waals surface area (Å²) in [6, 6.07) is 0. The quantitative estimate of drug-likeness (QED) is 0.858. The Kier molecular flexibility index (Phi) is 2.80. The smallest absolute Gasteiger partial charge is 0.213 e. The number of hydrogen-bond acceptors (Lipinski definition) is 5. The van der Waals surface area contributed by atoms with Crippen LogP contribution in [0.1, 0.15) is 17.3 Å². The normalized spacial score (nSPS) is 10.4. The van der Waals surface area contributed by atoms with E-state index in [2.05, 4.69) is 20.3 Å². The highest BCUT2D eigenvalue weighted by atomic mass is 19.1. The Balaban J connectivity index is 2.07. The van der Waals surface area contributed by atoms with E-state index in [1.165, 1.54) is 6.33 Å². The van der Waals surface area contributed by atoms with E-state index >= 15 is 0 Å². The molecular formula is C10H11FN4O. The molecule has 0 aromatic carbocycles. The SMILES string of the molecule is Cc1cnc(CNc2ncnc(C)c2F)o1. The van der Waals surface area contributed by atoms with Gasteiger partial charge in [-0.3, -0.25) is 0 Å². The molecule has 0 aliphatic carbocycles. The molecule has 0 aliphatic heterocycles. The molecule has 0 atom stereocenters. The summed E-state index contributed by atoms with van der Waals surface area (Å²) in [4.78, 5) is 11.5. The van der Waals surface area contributed by atoms with Crippen molar-refractivity contribution in [3.8, 4) is 0 Å². The van der Waals surface area contributed by atoms with Crippen LogP contribution in [-0.2, 0) is 6.54 Å². The zero-order valence-corrected chi connectivity index (χ0v) is 8.99. The van der Waals surface area contributed by atoms with Gasteiger partial charge in [0.1, 0.15) is 12.1 Å². The van der Waals surface area contributed by atoms with E-state index in [9.17, 15) is 4.39 Å². The average molecular weight is 222 g/mol. The van der Waals surface area contributed by atoms with Gasteiger partial charge in [0.05, 0.1) is 18.4 Å². The lowest BCUT2D eigenvalue weighted by molar-refractivity contribution is 0.478. The van der Waals surface area contributed by atoms with Crippen molar-refractivity contribution in [2.45, 2.75) is 20.4 Å². The molecule has 84 valence electrons. The molecule has 0 spiro atoms. The van der Waals surface area contributed by atoms with Crippen molar-refractivity contribution in [2.24, 2.45) is 0 Å². The molecule has 1 N–H and O–H groups in total. The molecule has 0 amide bonds. The molecule has 0 saturated carbocycles. The van der Waals surface area contributed by atoms with Crippen LogP contribution in [0.5, 0.6) is 0 Å². The predicted octanol–water partition coefficient (Wildman–Crippen LogP) is 1.83. The molecule has 0 bridgehead atoms. The molecule has 2 rings (SSSR count). The largest absolute Gasteiger partial charge is 0.444 e. The summed E-state index contributed by atoms with van der Waals surface area (Å²) in [5, 5.41) is 2.80. The van der Waals surface area contributed by atoms with E-state index < -0.39 is 5.82 Å². The summed E-state index contributed by atoms with van der Waals surface area (Å²) in [5.41, 5.74) is 0.307. The fourth-order valence-electron chi connectivity index (χ4n) is 1.22. The molecule has 0 aliphatic rings. The minimum Gasteiger partial charge on any atom is -0.444 e. The second kappa shape index (κ2) is 4.26. The zero-order valence-electron chi connectivity index (χ0n) is 8.99. The Labute approximate surface area is 91.8 Å². The first-order chi connectivity index (χ1) is 7.66. The van der Waals surface area contributed by atoms with Gasteiger partial charge in [-0.15, -0.1) is 0 Å². The standard InChI is InChI=1S/C10H11FN4O/c1-6-3-12-8(16-6)4-13-10-9(11)7(2)14-5-15-10/h3,5H,4H2,1-2H3,(H,13,14,15). The maximum atomic E-state index is 13.5. The molecule has 0 saturated heterocycles. The molecule has 0 unspecified atom stereocenters. The molecule has 2 aromatic heterocycles. The molecule has 16 heavy (non-hydrogen) atoms. The number of nitrogens with one attached hydrogen (secondary N) is 1. The number of halogens is 1. The van der Waals surface area contributed by atoms with Crippen LogP contribution in [0.2, 0.25) is 0 Å². The van der Waals surface area contributed by atoms with E-state index in [-0.39, 0.29) is 5.82 Å². The Bertz CT molecular complexity index is 497. The lowest BCUT2D eigenvalue weighted by atomic mass is 10.4. The summed E-state index contributed by atoms with van der Waals surface area (Å²) in [7, 11) is 0. The first kappa shape index (κ1) is 10.5. The topological polar surface area (TPSA) is 63.8 Å². The highest BCUT2D eigenvalue weighted by Gasteiger charge is 2.08. The average Bonchev–Trinajstić information content (AvgIpc) is 2.67. The summed E-state index contributed by atoms with van der Waals surface area (Å²) in [6.45, 7) is 3.67. The first-order valence-electron chi connectivity index (χ1n) is 4.79.